The van der Waals surface area contributed by atoms with Gasteiger partial charge in [0.25, 0.3) is 0 Å². The first-order valence-corrected chi connectivity index (χ1v) is 12.2. The molecule has 0 saturated heterocycles. The molecule has 0 saturated carbocycles. The van der Waals surface area contributed by atoms with E-state index in [0.717, 1.165) is 11.1 Å². The first kappa shape index (κ1) is 23.3. The van der Waals surface area contributed by atoms with E-state index in [2.05, 4.69) is 4.72 Å². The number of hydrogen-bond acceptors (Lipinski definition) is 4. The highest BCUT2D eigenvalue weighted by molar-refractivity contribution is 7.83. The van der Waals surface area contributed by atoms with Crippen molar-refractivity contribution in [2.45, 2.75) is 43.2 Å². The third-order valence-electron chi connectivity index (χ3n) is 4.25. The number of hydrogen-bond donors (Lipinski definition) is 1. The van der Waals surface area contributed by atoms with Gasteiger partial charge in [0, 0.05) is 0 Å². The largest absolute Gasteiger partial charge is 0.353 e. The molecule has 2 rings (SSSR count). The van der Waals surface area contributed by atoms with Crippen LogP contribution in [0.3, 0.4) is 0 Å². The van der Waals surface area contributed by atoms with E-state index in [4.69, 9.17) is 20.6 Å². The molecular weight excluding hydrogens is 417 g/mol. The highest BCUT2D eigenvalue weighted by Crippen LogP contribution is 2.66. The van der Waals surface area contributed by atoms with Gasteiger partial charge in [0.05, 0.1) is 24.2 Å². The van der Waals surface area contributed by atoms with E-state index in [1.54, 1.807) is 32.9 Å². The molecule has 5 nitrogen and oxygen atoms in total. The summed E-state index contributed by atoms with van der Waals surface area (Å²) in [5, 5.41) is 0. The Kier molecular flexibility index (Phi) is 8.44. The average molecular weight is 444 g/mol. The molecule has 1 N–H and O–H groups in total. The molecule has 1 unspecified atom stereocenters. The minimum atomic E-state index is -3.73. The van der Waals surface area contributed by atoms with Crippen LogP contribution in [0, 0.1) is 6.92 Å². The van der Waals surface area contributed by atoms with Crippen LogP contribution < -0.4 is 4.72 Å². The fourth-order valence-electron chi connectivity index (χ4n) is 2.75. The number of alkyl halides is 1. The maximum atomic E-state index is 13.5. The number of nitrogens with one attached hydrogen (secondary N) is 1. The lowest BCUT2D eigenvalue weighted by Gasteiger charge is -2.37. The van der Waals surface area contributed by atoms with Gasteiger partial charge in [0.15, 0.2) is 4.62 Å². The number of rotatable bonds is 10. The molecule has 0 aromatic heterocycles. The van der Waals surface area contributed by atoms with Crippen molar-refractivity contribution in [3.8, 4) is 0 Å². The zero-order valence-electron chi connectivity index (χ0n) is 16.6. The third-order valence-corrected chi connectivity index (χ3v) is 8.77. The summed E-state index contributed by atoms with van der Waals surface area (Å²) in [7, 11) is -5.31. The molecule has 154 valence electrons. The number of aryl methyl sites for hydroxylation is 1. The Balaban J connectivity index is 2.45. The van der Waals surface area contributed by atoms with Gasteiger partial charge in [-0.1, -0.05) is 48.0 Å². The molecular formula is C20H27ClNO4PS. The molecule has 3 atom stereocenters. The molecule has 8 heteroatoms. The molecule has 0 bridgehead atoms. The van der Waals surface area contributed by atoms with Gasteiger partial charge in [0.2, 0.25) is 0 Å². The SMILES string of the molecule is CCOP(=O)(OCC)[C@@](C)(Cl)[C@@H](NS(=O)c1ccc(C)cc1)c1ccccc1. The first-order valence-electron chi connectivity index (χ1n) is 9.12. The van der Waals surface area contributed by atoms with Crippen LogP contribution in [-0.2, 0) is 24.6 Å². The Bertz CT molecular complexity index is 820. The lowest BCUT2D eigenvalue weighted by atomic mass is 10.1. The van der Waals surface area contributed by atoms with E-state index in [-0.39, 0.29) is 13.2 Å². The van der Waals surface area contributed by atoms with Crippen molar-refractivity contribution >= 4 is 30.2 Å². The summed E-state index contributed by atoms with van der Waals surface area (Å²) < 4.78 is 39.1. The second-order valence-electron chi connectivity index (χ2n) is 6.40. The van der Waals surface area contributed by atoms with Crippen LogP contribution in [0.4, 0.5) is 0 Å². The molecule has 0 spiro atoms. The summed E-state index contributed by atoms with van der Waals surface area (Å²) in [6.45, 7) is 7.38. The Morgan fingerprint density at radius 2 is 1.61 bits per heavy atom. The summed E-state index contributed by atoms with van der Waals surface area (Å²) in [6.07, 6.45) is 0. The Morgan fingerprint density at radius 1 is 1.07 bits per heavy atom. The molecule has 2 aromatic rings. The maximum absolute atomic E-state index is 13.5. The highest BCUT2D eigenvalue weighted by atomic mass is 35.5. The van der Waals surface area contributed by atoms with Crippen molar-refractivity contribution in [1.82, 2.24) is 4.72 Å². The normalized spacial score (nSPS) is 16.3. The van der Waals surface area contributed by atoms with E-state index >= 15 is 0 Å². The molecule has 2 aromatic carbocycles. The van der Waals surface area contributed by atoms with E-state index in [0.29, 0.717) is 4.90 Å². The molecule has 0 aliphatic carbocycles. The second kappa shape index (κ2) is 10.1. The van der Waals surface area contributed by atoms with Crippen molar-refractivity contribution < 1.29 is 17.8 Å². The van der Waals surface area contributed by atoms with E-state index < -0.39 is 29.2 Å². The van der Waals surface area contributed by atoms with Crippen LogP contribution in [0.25, 0.3) is 0 Å². The van der Waals surface area contributed by atoms with E-state index in [1.165, 1.54) is 0 Å². The van der Waals surface area contributed by atoms with E-state index in [1.807, 2.05) is 49.4 Å². The van der Waals surface area contributed by atoms with Crippen LogP contribution in [0.15, 0.2) is 59.5 Å². The maximum Gasteiger partial charge on any atom is 0.353 e. The molecule has 0 amide bonds. The van der Waals surface area contributed by atoms with Crippen molar-refractivity contribution in [3.63, 3.8) is 0 Å². The van der Waals surface area contributed by atoms with Crippen LogP contribution in [0.5, 0.6) is 0 Å². The van der Waals surface area contributed by atoms with E-state index in [9.17, 15) is 8.77 Å². The fraction of sp³-hybridized carbons (Fsp3) is 0.400. The van der Waals surface area contributed by atoms with Crippen molar-refractivity contribution in [1.29, 1.82) is 0 Å². The smallest absolute Gasteiger partial charge is 0.308 e. The molecule has 0 fully saturated rings. The van der Waals surface area contributed by atoms with Crippen molar-refractivity contribution in [2.75, 3.05) is 13.2 Å². The molecule has 0 heterocycles. The Morgan fingerprint density at radius 3 is 2.11 bits per heavy atom. The van der Waals surface area contributed by atoms with Gasteiger partial charge >= 0.3 is 7.60 Å². The summed E-state index contributed by atoms with van der Waals surface area (Å²) in [4.78, 5) is 0.599. The van der Waals surface area contributed by atoms with Gasteiger partial charge in [-0.15, -0.1) is 11.6 Å². The lowest BCUT2D eigenvalue weighted by molar-refractivity contribution is 0.204. The molecule has 28 heavy (non-hydrogen) atoms. The predicted octanol–water partition coefficient (Wildman–Crippen LogP) is 5.57. The zero-order valence-corrected chi connectivity index (χ0v) is 19.0. The van der Waals surface area contributed by atoms with Crippen LogP contribution in [0.1, 0.15) is 37.9 Å². The summed E-state index contributed by atoms with van der Waals surface area (Å²) >= 11 is 6.85. The third kappa shape index (κ3) is 5.32. The Labute approximate surface area is 174 Å². The van der Waals surface area contributed by atoms with Gasteiger partial charge in [0.1, 0.15) is 11.0 Å². The van der Waals surface area contributed by atoms with Crippen molar-refractivity contribution in [3.05, 3.63) is 65.7 Å². The van der Waals surface area contributed by atoms with Gasteiger partial charge < -0.3 is 9.05 Å². The first-order chi connectivity index (χ1) is 13.2. The monoisotopic (exact) mass is 443 g/mol. The van der Waals surface area contributed by atoms with Crippen molar-refractivity contribution in [2.24, 2.45) is 0 Å². The molecule has 0 radical (unpaired) electrons. The van der Waals surface area contributed by atoms with Gasteiger partial charge in [-0.3, -0.25) is 4.57 Å². The van der Waals surface area contributed by atoms with Gasteiger partial charge in [-0.25, -0.2) is 8.93 Å². The zero-order chi connectivity index (χ0) is 20.8. The average Bonchev–Trinajstić information content (AvgIpc) is 2.67. The van der Waals surface area contributed by atoms with Crippen LogP contribution >= 0.6 is 19.2 Å². The fourth-order valence-corrected chi connectivity index (χ4v) is 6.27. The highest BCUT2D eigenvalue weighted by Gasteiger charge is 2.52. The predicted molar refractivity (Wildman–Crippen MR) is 115 cm³/mol. The standard InChI is InChI=1S/C20H27ClNO4PS/c1-5-25-27(23,26-6-2)20(4,21)19(17-10-8-7-9-11-17)22-28(24)18-14-12-16(3)13-15-18/h7-15,19,22H,5-6H2,1-4H3/t19-,20+,28?/m0/s1. The summed E-state index contributed by atoms with van der Waals surface area (Å²) in [5.41, 5.74) is 1.81. The second-order valence-corrected chi connectivity index (χ2v) is 11.1. The quantitative estimate of drug-likeness (QED) is 0.385. The van der Waals surface area contributed by atoms with Crippen LogP contribution in [0.2, 0.25) is 0 Å². The summed E-state index contributed by atoms with van der Waals surface area (Å²) in [5.74, 6) is 0. The minimum Gasteiger partial charge on any atom is -0.308 e. The molecule has 0 aliphatic rings. The topological polar surface area (TPSA) is 64.6 Å². The van der Waals surface area contributed by atoms with Crippen LogP contribution in [-0.4, -0.2) is 22.0 Å². The minimum absolute atomic E-state index is 0.183. The number of benzene rings is 2. The van der Waals surface area contributed by atoms with Gasteiger partial charge in [-0.05, 0) is 45.4 Å². The molecule has 0 aliphatic heterocycles. The Hall–Kier alpha value is -1.01. The lowest BCUT2D eigenvalue weighted by Crippen LogP contribution is -2.39. The number of halogens is 1. The van der Waals surface area contributed by atoms with Gasteiger partial charge in [-0.2, -0.15) is 0 Å². The summed E-state index contributed by atoms with van der Waals surface area (Å²) in [6, 6.07) is 15.8.